The van der Waals surface area contributed by atoms with E-state index in [0.717, 1.165) is 10.2 Å². The van der Waals surface area contributed by atoms with Crippen LogP contribution in [0.4, 0.5) is 5.69 Å². The van der Waals surface area contributed by atoms with Crippen LogP contribution in [0.25, 0.3) is 0 Å². The fraction of sp³-hybridized carbons (Fsp3) is 0.200. The first kappa shape index (κ1) is 15.9. The van der Waals surface area contributed by atoms with Crippen molar-refractivity contribution in [3.05, 3.63) is 53.0 Å². The van der Waals surface area contributed by atoms with E-state index in [1.54, 1.807) is 24.3 Å². The van der Waals surface area contributed by atoms with Gasteiger partial charge in [-0.25, -0.2) is 8.42 Å². The normalized spacial score (nSPS) is 11.1. The first-order valence-corrected chi connectivity index (χ1v) is 9.06. The molecule has 0 unspecified atom stereocenters. The molecule has 6 heteroatoms. The zero-order chi connectivity index (χ0) is 15.3. The van der Waals surface area contributed by atoms with Gasteiger partial charge in [-0.15, -0.1) is 0 Å². The van der Waals surface area contributed by atoms with E-state index >= 15 is 0 Å². The van der Waals surface area contributed by atoms with Crippen LogP contribution in [0.3, 0.4) is 0 Å². The zero-order valence-corrected chi connectivity index (χ0v) is 13.9. The Kier molecular flexibility index (Phi) is 5.25. The van der Waals surface area contributed by atoms with Gasteiger partial charge in [-0.3, -0.25) is 0 Å². The van der Waals surface area contributed by atoms with Crippen molar-refractivity contribution in [2.24, 2.45) is 0 Å². The lowest BCUT2D eigenvalue weighted by molar-refractivity contribution is 0.332. The molecular weight excluding hydrogens is 354 g/mol. The molecule has 0 saturated carbocycles. The first-order chi connectivity index (χ1) is 9.95. The van der Waals surface area contributed by atoms with Crippen LogP contribution in [0.2, 0.25) is 0 Å². The minimum absolute atomic E-state index is 0.294. The quantitative estimate of drug-likeness (QED) is 0.793. The Labute approximate surface area is 133 Å². The van der Waals surface area contributed by atoms with Gasteiger partial charge in [-0.1, -0.05) is 22.0 Å². The van der Waals surface area contributed by atoms with Gasteiger partial charge in [-0.05, 0) is 42.5 Å². The highest BCUT2D eigenvalue weighted by molar-refractivity contribution is 9.10. The maximum absolute atomic E-state index is 11.3. The molecule has 0 radical (unpaired) electrons. The van der Waals surface area contributed by atoms with Crippen LogP contribution in [0.15, 0.2) is 57.9 Å². The van der Waals surface area contributed by atoms with Crippen LogP contribution in [0, 0.1) is 0 Å². The molecule has 0 spiro atoms. The van der Waals surface area contributed by atoms with Crippen molar-refractivity contribution in [2.75, 3.05) is 24.7 Å². The number of halogens is 1. The first-order valence-electron chi connectivity index (χ1n) is 6.37. The second kappa shape index (κ2) is 6.95. The summed E-state index contributed by atoms with van der Waals surface area (Å²) >= 11 is 3.41. The Morgan fingerprint density at radius 3 is 2.48 bits per heavy atom. The molecule has 0 fully saturated rings. The van der Waals surface area contributed by atoms with Crippen molar-refractivity contribution in [2.45, 2.75) is 4.90 Å². The molecule has 2 aromatic rings. The molecule has 2 aromatic carbocycles. The molecule has 0 aliphatic heterocycles. The molecule has 0 atom stereocenters. The van der Waals surface area contributed by atoms with Gasteiger partial charge < -0.3 is 10.1 Å². The highest BCUT2D eigenvalue weighted by Gasteiger charge is 2.06. The van der Waals surface area contributed by atoms with Crippen LogP contribution in [0.5, 0.6) is 5.75 Å². The highest BCUT2D eigenvalue weighted by Crippen LogP contribution is 2.17. The van der Waals surface area contributed by atoms with Crippen LogP contribution in [-0.4, -0.2) is 27.8 Å². The smallest absolute Gasteiger partial charge is 0.175 e. The number of hydrogen-bond donors (Lipinski definition) is 1. The molecule has 0 aromatic heterocycles. The van der Waals surface area contributed by atoms with Crippen molar-refractivity contribution < 1.29 is 13.2 Å². The summed E-state index contributed by atoms with van der Waals surface area (Å²) in [5.74, 6) is 0.651. The summed E-state index contributed by atoms with van der Waals surface area (Å²) in [5.41, 5.74) is 1.01. The van der Waals surface area contributed by atoms with Crippen LogP contribution in [0.1, 0.15) is 0 Å². The Morgan fingerprint density at radius 1 is 1.14 bits per heavy atom. The van der Waals surface area contributed by atoms with Crippen molar-refractivity contribution >= 4 is 31.5 Å². The second-order valence-electron chi connectivity index (χ2n) is 4.53. The Hall–Kier alpha value is -1.53. The lowest BCUT2D eigenvalue weighted by Crippen LogP contribution is -2.11. The lowest BCUT2D eigenvalue weighted by Gasteiger charge is -2.09. The van der Waals surface area contributed by atoms with Gasteiger partial charge in [0.15, 0.2) is 9.84 Å². The molecule has 0 aliphatic rings. The summed E-state index contributed by atoms with van der Waals surface area (Å²) in [4.78, 5) is 0.294. The van der Waals surface area contributed by atoms with E-state index < -0.39 is 9.84 Å². The molecular formula is C15H16BrNO3S. The number of anilines is 1. The van der Waals surface area contributed by atoms with Crippen molar-refractivity contribution in [1.29, 1.82) is 0 Å². The largest absolute Gasteiger partial charge is 0.492 e. The van der Waals surface area contributed by atoms with Crippen molar-refractivity contribution in [1.82, 2.24) is 0 Å². The van der Waals surface area contributed by atoms with Gasteiger partial charge in [0.2, 0.25) is 0 Å². The Balaban J connectivity index is 1.81. The predicted octanol–water partition coefficient (Wildman–Crippen LogP) is 3.34. The number of sulfone groups is 1. The van der Waals surface area contributed by atoms with Crippen LogP contribution < -0.4 is 10.1 Å². The maximum atomic E-state index is 11.3. The van der Waals surface area contributed by atoms with Gasteiger partial charge in [-0.2, -0.15) is 0 Å². The predicted molar refractivity (Wildman–Crippen MR) is 87.7 cm³/mol. The van der Waals surface area contributed by atoms with Gasteiger partial charge in [0, 0.05) is 23.0 Å². The van der Waals surface area contributed by atoms with E-state index in [-0.39, 0.29) is 0 Å². The third kappa shape index (κ3) is 5.06. The number of ether oxygens (including phenoxy) is 1. The van der Waals surface area contributed by atoms with Gasteiger partial charge >= 0.3 is 0 Å². The lowest BCUT2D eigenvalue weighted by atomic mass is 10.3. The molecule has 0 saturated heterocycles. The molecule has 0 amide bonds. The molecule has 0 heterocycles. The van der Waals surface area contributed by atoms with Gasteiger partial charge in [0.1, 0.15) is 12.4 Å². The second-order valence-corrected chi connectivity index (χ2v) is 7.46. The Bertz CT molecular complexity index is 699. The van der Waals surface area contributed by atoms with E-state index in [4.69, 9.17) is 4.74 Å². The van der Waals surface area contributed by atoms with Gasteiger partial charge in [0.25, 0.3) is 0 Å². The number of nitrogens with one attached hydrogen (secondary N) is 1. The SMILES string of the molecule is CS(=O)(=O)c1ccc(OCCNc2cccc(Br)c2)cc1. The summed E-state index contributed by atoms with van der Waals surface area (Å²) in [7, 11) is -3.16. The highest BCUT2D eigenvalue weighted by atomic mass is 79.9. The maximum Gasteiger partial charge on any atom is 0.175 e. The molecule has 1 N–H and O–H groups in total. The fourth-order valence-corrected chi connectivity index (χ4v) is 2.78. The van der Waals surface area contributed by atoms with Gasteiger partial charge in [0.05, 0.1) is 4.90 Å². The molecule has 4 nitrogen and oxygen atoms in total. The van der Waals surface area contributed by atoms with Crippen LogP contribution >= 0.6 is 15.9 Å². The minimum atomic E-state index is -3.16. The van der Waals surface area contributed by atoms with E-state index in [2.05, 4.69) is 21.2 Å². The fourth-order valence-electron chi connectivity index (χ4n) is 1.75. The Morgan fingerprint density at radius 2 is 1.86 bits per heavy atom. The van der Waals surface area contributed by atoms with E-state index in [0.29, 0.717) is 23.8 Å². The topological polar surface area (TPSA) is 55.4 Å². The van der Waals surface area contributed by atoms with E-state index in [9.17, 15) is 8.42 Å². The summed E-state index contributed by atoms with van der Waals surface area (Å²) in [6, 6.07) is 14.3. The molecule has 112 valence electrons. The average Bonchev–Trinajstić information content (AvgIpc) is 2.43. The molecule has 2 rings (SSSR count). The monoisotopic (exact) mass is 369 g/mol. The summed E-state index contributed by atoms with van der Waals surface area (Å²) in [6.45, 7) is 1.15. The van der Waals surface area contributed by atoms with Crippen molar-refractivity contribution in [3.8, 4) is 5.75 Å². The summed E-state index contributed by atoms with van der Waals surface area (Å²) < 4.78 is 29.2. The summed E-state index contributed by atoms with van der Waals surface area (Å²) in [5, 5.41) is 3.24. The number of benzene rings is 2. The van der Waals surface area contributed by atoms with Crippen LogP contribution in [-0.2, 0) is 9.84 Å². The number of hydrogen-bond acceptors (Lipinski definition) is 4. The van der Waals surface area contributed by atoms with Crippen molar-refractivity contribution in [3.63, 3.8) is 0 Å². The van der Waals surface area contributed by atoms with E-state index in [1.165, 1.54) is 6.26 Å². The number of rotatable bonds is 6. The molecule has 21 heavy (non-hydrogen) atoms. The standard InChI is InChI=1S/C15H16BrNO3S/c1-21(18,19)15-7-5-14(6-8-15)20-10-9-17-13-4-2-3-12(16)11-13/h2-8,11,17H,9-10H2,1H3. The average molecular weight is 370 g/mol. The third-order valence-corrected chi connectivity index (χ3v) is 4.40. The zero-order valence-electron chi connectivity index (χ0n) is 11.5. The molecule has 0 bridgehead atoms. The minimum Gasteiger partial charge on any atom is -0.492 e. The third-order valence-electron chi connectivity index (χ3n) is 2.78. The summed E-state index contributed by atoms with van der Waals surface area (Å²) in [6.07, 6.45) is 1.19. The van der Waals surface area contributed by atoms with E-state index in [1.807, 2.05) is 24.3 Å². The molecule has 0 aliphatic carbocycles.